The molecule has 2 N–H and O–H groups in total. The third-order valence-corrected chi connectivity index (χ3v) is 3.68. The van der Waals surface area contributed by atoms with Gasteiger partial charge in [0.05, 0.1) is 6.54 Å². The van der Waals surface area contributed by atoms with Crippen LogP contribution in [0.2, 0.25) is 0 Å². The molecule has 1 heterocycles. The Morgan fingerprint density at radius 1 is 1.53 bits per heavy atom. The van der Waals surface area contributed by atoms with Crippen molar-refractivity contribution in [3.8, 4) is 0 Å². The molecule has 1 aliphatic heterocycles. The number of ether oxygens (including phenoxy) is 1. The van der Waals surface area contributed by atoms with Gasteiger partial charge in [-0.3, -0.25) is 9.69 Å². The molecule has 3 atom stereocenters. The van der Waals surface area contributed by atoms with Crippen molar-refractivity contribution in [3.05, 3.63) is 0 Å². The van der Waals surface area contributed by atoms with E-state index in [9.17, 15) is 4.79 Å². The molecule has 0 bridgehead atoms. The number of nitrogens with zero attached hydrogens (tertiary/aromatic N) is 1. The van der Waals surface area contributed by atoms with Crippen LogP contribution in [0.4, 0.5) is 0 Å². The molecule has 0 radical (unpaired) electrons. The maximum atomic E-state index is 11.2. The minimum Gasteiger partial charge on any atom is -0.463 e. The van der Waals surface area contributed by atoms with Crippen LogP contribution in [0.15, 0.2) is 0 Å². The van der Waals surface area contributed by atoms with Crippen LogP contribution in [0, 0.1) is 5.92 Å². The second kappa shape index (κ2) is 4.49. The Hall–Kier alpha value is -0.610. The lowest BCUT2D eigenvalue weighted by Crippen LogP contribution is -2.50. The van der Waals surface area contributed by atoms with Crippen LogP contribution in [0.25, 0.3) is 0 Å². The second-order valence-corrected chi connectivity index (χ2v) is 4.77. The number of hydrogen-bond acceptors (Lipinski definition) is 4. The van der Waals surface area contributed by atoms with E-state index in [1.807, 2.05) is 0 Å². The van der Waals surface area contributed by atoms with Gasteiger partial charge in [-0.1, -0.05) is 0 Å². The molecule has 3 unspecified atom stereocenters. The zero-order valence-electron chi connectivity index (χ0n) is 9.32. The van der Waals surface area contributed by atoms with Gasteiger partial charge in [-0.15, -0.1) is 0 Å². The van der Waals surface area contributed by atoms with Crippen molar-refractivity contribution in [2.45, 2.75) is 38.3 Å². The van der Waals surface area contributed by atoms with Gasteiger partial charge in [0, 0.05) is 12.1 Å². The van der Waals surface area contributed by atoms with Crippen LogP contribution in [-0.4, -0.2) is 42.6 Å². The fourth-order valence-electron chi connectivity index (χ4n) is 2.71. The molecule has 0 spiro atoms. The summed E-state index contributed by atoms with van der Waals surface area (Å²) in [5, 5.41) is 0. The van der Waals surface area contributed by atoms with Gasteiger partial charge < -0.3 is 10.5 Å². The van der Waals surface area contributed by atoms with Gasteiger partial charge in [-0.05, 0) is 38.6 Å². The zero-order valence-corrected chi connectivity index (χ0v) is 9.32. The van der Waals surface area contributed by atoms with Crippen LogP contribution in [0.1, 0.15) is 26.2 Å². The summed E-state index contributed by atoms with van der Waals surface area (Å²) in [6.45, 7) is 3.91. The summed E-state index contributed by atoms with van der Waals surface area (Å²) in [6, 6.07) is 0.908. The number of hydrogen-bond donors (Lipinski definition) is 1. The van der Waals surface area contributed by atoms with Crippen LogP contribution >= 0.6 is 0 Å². The minimum atomic E-state index is -0.0794. The molecule has 0 aromatic heterocycles. The normalized spacial score (nSPS) is 38.0. The Bertz CT molecular complexity index is 245. The molecule has 1 saturated carbocycles. The molecule has 4 heteroatoms. The van der Waals surface area contributed by atoms with E-state index in [2.05, 4.69) is 11.8 Å². The van der Waals surface area contributed by atoms with Gasteiger partial charge in [0.25, 0.3) is 0 Å². The molecule has 1 saturated heterocycles. The largest absolute Gasteiger partial charge is 0.463 e. The van der Waals surface area contributed by atoms with Crippen molar-refractivity contribution in [2.24, 2.45) is 11.7 Å². The smallest absolute Gasteiger partial charge is 0.320 e. The second-order valence-electron chi connectivity index (χ2n) is 4.77. The predicted octanol–water partition coefficient (Wildman–Crippen LogP) is 0.361. The van der Waals surface area contributed by atoms with Gasteiger partial charge in [-0.25, -0.2) is 0 Å². The monoisotopic (exact) mass is 212 g/mol. The van der Waals surface area contributed by atoms with E-state index in [1.165, 1.54) is 12.8 Å². The topological polar surface area (TPSA) is 55.6 Å². The van der Waals surface area contributed by atoms with E-state index in [0.717, 1.165) is 13.0 Å². The maximum absolute atomic E-state index is 11.2. The minimum absolute atomic E-state index is 0.0794. The predicted molar refractivity (Wildman–Crippen MR) is 57.3 cm³/mol. The summed E-state index contributed by atoms with van der Waals surface area (Å²) in [7, 11) is 0. The first-order valence-corrected chi connectivity index (χ1v) is 5.82. The molecular formula is C11H20N2O2. The highest BCUT2D eigenvalue weighted by atomic mass is 16.5. The third kappa shape index (κ3) is 2.32. The lowest BCUT2D eigenvalue weighted by Gasteiger charge is -2.36. The first-order valence-electron chi connectivity index (χ1n) is 5.82. The molecule has 4 nitrogen and oxygen atoms in total. The van der Waals surface area contributed by atoms with Gasteiger partial charge in [-0.2, -0.15) is 0 Å². The molecule has 86 valence electrons. The third-order valence-electron chi connectivity index (χ3n) is 3.68. The van der Waals surface area contributed by atoms with Gasteiger partial charge in [0.2, 0.25) is 0 Å². The van der Waals surface area contributed by atoms with Gasteiger partial charge in [0.15, 0.2) is 0 Å². The van der Waals surface area contributed by atoms with E-state index in [0.29, 0.717) is 31.2 Å². The fraction of sp³-hybridized carbons (Fsp3) is 0.909. The van der Waals surface area contributed by atoms with Crippen molar-refractivity contribution in [3.63, 3.8) is 0 Å². The lowest BCUT2D eigenvalue weighted by atomic mass is 10.1. The summed E-state index contributed by atoms with van der Waals surface area (Å²) < 4.78 is 5.03. The summed E-state index contributed by atoms with van der Waals surface area (Å²) in [6.07, 6.45) is 3.53. The standard InChI is InChI=1S/C11H20N2O2/c1-8-7-15-11(14)6-13(8)10-3-2-9(4-10)5-12/h8-10H,2-7,12H2,1H3. The van der Waals surface area contributed by atoms with Crippen LogP contribution in [-0.2, 0) is 9.53 Å². The van der Waals surface area contributed by atoms with E-state index in [1.54, 1.807) is 0 Å². The molecule has 2 fully saturated rings. The number of morpholine rings is 1. The zero-order chi connectivity index (χ0) is 10.8. The Balaban J connectivity index is 1.94. The molecule has 0 aromatic carbocycles. The van der Waals surface area contributed by atoms with Crippen molar-refractivity contribution in [1.29, 1.82) is 0 Å². The van der Waals surface area contributed by atoms with Crippen molar-refractivity contribution in [2.75, 3.05) is 19.7 Å². The van der Waals surface area contributed by atoms with Gasteiger partial charge in [0.1, 0.15) is 6.61 Å². The van der Waals surface area contributed by atoms with Crippen molar-refractivity contribution >= 4 is 5.97 Å². The van der Waals surface area contributed by atoms with Crippen LogP contribution in [0.5, 0.6) is 0 Å². The average Bonchev–Trinajstić information content (AvgIpc) is 2.70. The highest BCUT2D eigenvalue weighted by Gasteiger charge is 2.35. The quantitative estimate of drug-likeness (QED) is 0.672. The molecule has 1 aliphatic carbocycles. The highest BCUT2D eigenvalue weighted by Crippen LogP contribution is 2.30. The number of cyclic esters (lactones) is 1. The summed E-state index contributed by atoms with van der Waals surface area (Å²) in [5.74, 6) is 0.574. The fourth-order valence-corrected chi connectivity index (χ4v) is 2.71. The van der Waals surface area contributed by atoms with E-state index < -0.39 is 0 Å². The number of carbonyl (C=O) groups excluding carboxylic acids is 1. The number of esters is 1. The van der Waals surface area contributed by atoms with Crippen molar-refractivity contribution < 1.29 is 9.53 Å². The first-order chi connectivity index (χ1) is 7.20. The molecule has 15 heavy (non-hydrogen) atoms. The Morgan fingerprint density at radius 3 is 3.00 bits per heavy atom. The van der Waals surface area contributed by atoms with E-state index in [-0.39, 0.29) is 5.97 Å². The van der Waals surface area contributed by atoms with Crippen LogP contribution < -0.4 is 5.73 Å². The SMILES string of the molecule is CC1COC(=O)CN1C1CCC(CN)C1. The first kappa shape index (κ1) is 10.9. The Morgan fingerprint density at radius 2 is 2.33 bits per heavy atom. The Kier molecular flexibility index (Phi) is 3.26. The average molecular weight is 212 g/mol. The molecule has 2 rings (SSSR count). The Labute approximate surface area is 90.8 Å². The van der Waals surface area contributed by atoms with E-state index in [4.69, 9.17) is 10.5 Å². The molecule has 2 aliphatic rings. The molecular weight excluding hydrogens is 192 g/mol. The molecule has 0 aromatic rings. The maximum Gasteiger partial charge on any atom is 0.320 e. The van der Waals surface area contributed by atoms with E-state index >= 15 is 0 Å². The van der Waals surface area contributed by atoms with Gasteiger partial charge >= 0.3 is 5.97 Å². The highest BCUT2D eigenvalue weighted by molar-refractivity contribution is 5.72. The van der Waals surface area contributed by atoms with Crippen LogP contribution in [0.3, 0.4) is 0 Å². The summed E-state index contributed by atoms with van der Waals surface area (Å²) >= 11 is 0. The lowest BCUT2D eigenvalue weighted by molar-refractivity contribution is -0.155. The molecule has 0 amide bonds. The van der Waals surface area contributed by atoms with Crippen molar-refractivity contribution in [1.82, 2.24) is 4.90 Å². The number of carbonyl (C=O) groups is 1. The number of rotatable bonds is 2. The summed E-state index contributed by atoms with van der Waals surface area (Å²) in [5.41, 5.74) is 5.68. The number of nitrogens with two attached hydrogens (primary N) is 1. The summed E-state index contributed by atoms with van der Waals surface area (Å²) in [4.78, 5) is 13.5.